The van der Waals surface area contributed by atoms with E-state index < -0.39 is 0 Å². The normalized spacial score (nSPS) is 12.2. The number of rotatable bonds is 3. The third kappa shape index (κ3) is 3.43. The van der Waals surface area contributed by atoms with E-state index in [1.807, 2.05) is 5.38 Å². The van der Waals surface area contributed by atoms with Crippen LogP contribution in [0.5, 0.6) is 0 Å². The van der Waals surface area contributed by atoms with E-state index in [0.29, 0.717) is 20.4 Å². The summed E-state index contributed by atoms with van der Waals surface area (Å²) in [7, 11) is 1.67. The van der Waals surface area contributed by atoms with Crippen molar-refractivity contribution in [2.75, 3.05) is 7.05 Å². The first-order chi connectivity index (χ1) is 11.6. The van der Waals surface area contributed by atoms with Gasteiger partial charge >= 0.3 is 0 Å². The number of aromatic nitrogens is 1. The molecule has 0 aliphatic heterocycles. The van der Waals surface area contributed by atoms with Crippen molar-refractivity contribution < 1.29 is 4.39 Å². The van der Waals surface area contributed by atoms with Gasteiger partial charge in [-0.3, -0.25) is 4.99 Å². The summed E-state index contributed by atoms with van der Waals surface area (Å²) in [6.45, 7) is 0. The zero-order chi connectivity index (χ0) is 17.1. The fraction of sp³-hybridized carbons (Fsp3) is 0.0588. The van der Waals surface area contributed by atoms with E-state index in [2.05, 4.69) is 10.1 Å². The number of benzene rings is 2. The summed E-state index contributed by atoms with van der Waals surface area (Å²) < 4.78 is 15.4. The first kappa shape index (κ1) is 16.9. The minimum atomic E-state index is -0.339. The van der Waals surface area contributed by atoms with Crippen LogP contribution in [0, 0.1) is 5.82 Å². The molecule has 122 valence electrons. The van der Waals surface area contributed by atoms with E-state index in [4.69, 9.17) is 23.2 Å². The molecule has 3 aromatic rings. The van der Waals surface area contributed by atoms with Crippen molar-refractivity contribution in [1.29, 1.82) is 0 Å². The van der Waals surface area contributed by atoms with E-state index in [9.17, 15) is 4.39 Å². The van der Waals surface area contributed by atoms with Crippen molar-refractivity contribution in [3.05, 3.63) is 74.1 Å². The summed E-state index contributed by atoms with van der Waals surface area (Å²) in [6.07, 6.45) is 1.46. The molecule has 0 amide bonds. The molecule has 0 unspecified atom stereocenters. The van der Waals surface area contributed by atoms with Gasteiger partial charge in [-0.15, -0.1) is 11.3 Å². The van der Waals surface area contributed by atoms with Crippen LogP contribution in [0.3, 0.4) is 0 Å². The van der Waals surface area contributed by atoms with Gasteiger partial charge < -0.3 is 0 Å². The Morgan fingerprint density at radius 3 is 2.71 bits per heavy atom. The lowest BCUT2D eigenvalue weighted by Crippen LogP contribution is -2.11. The molecule has 1 heterocycles. The Hall–Kier alpha value is -1.95. The zero-order valence-electron chi connectivity index (χ0n) is 12.6. The Labute approximate surface area is 152 Å². The van der Waals surface area contributed by atoms with Crippen LogP contribution in [0.25, 0.3) is 11.3 Å². The van der Waals surface area contributed by atoms with Crippen molar-refractivity contribution in [2.24, 2.45) is 10.1 Å². The molecule has 0 radical (unpaired) electrons. The highest BCUT2D eigenvalue weighted by Gasteiger charge is 2.11. The molecule has 7 heteroatoms. The minimum absolute atomic E-state index is 0.339. The predicted octanol–water partition coefficient (Wildman–Crippen LogP) is 5.08. The molecule has 1 aromatic heterocycles. The first-order valence-electron chi connectivity index (χ1n) is 6.98. The number of hydrogen-bond acceptors (Lipinski definition) is 3. The number of hydrogen-bond donors (Lipinski definition) is 0. The summed E-state index contributed by atoms with van der Waals surface area (Å²) >= 11 is 13.8. The van der Waals surface area contributed by atoms with Gasteiger partial charge in [-0.1, -0.05) is 41.4 Å². The highest BCUT2D eigenvalue weighted by Crippen LogP contribution is 2.30. The van der Waals surface area contributed by atoms with Gasteiger partial charge in [-0.2, -0.15) is 5.10 Å². The van der Waals surface area contributed by atoms with Gasteiger partial charge in [-0.25, -0.2) is 9.07 Å². The number of halogens is 3. The van der Waals surface area contributed by atoms with Crippen LogP contribution in [-0.4, -0.2) is 17.9 Å². The van der Waals surface area contributed by atoms with Gasteiger partial charge in [0.2, 0.25) is 4.80 Å². The van der Waals surface area contributed by atoms with Gasteiger partial charge in [0.05, 0.1) is 16.9 Å². The molecule has 2 aromatic carbocycles. The number of thiazole rings is 1. The second-order valence-electron chi connectivity index (χ2n) is 4.83. The first-order valence-corrected chi connectivity index (χ1v) is 8.61. The van der Waals surface area contributed by atoms with Crippen molar-refractivity contribution >= 4 is 40.8 Å². The molecular formula is C17H12Cl2FN3S. The highest BCUT2D eigenvalue weighted by atomic mass is 35.5. The Morgan fingerprint density at radius 1 is 1.17 bits per heavy atom. The molecule has 3 rings (SSSR count). The predicted molar refractivity (Wildman–Crippen MR) is 98.6 cm³/mol. The van der Waals surface area contributed by atoms with Gasteiger partial charge in [0.1, 0.15) is 5.82 Å². The fourth-order valence-electron chi connectivity index (χ4n) is 2.14. The molecule has 0 aliphatic carbocycles. The lowest BCUT2D eigenvalue weighted by atomic mass is 10.2. The molecule has 24 heavy (non-hydrogen) atoms. The Balaban J connectivity index is 2.13. The fourth-order valence-corrected chi connectivity index (χ4v) is 3.32. The van der Waals surface area contributed by atoms with Gasteiger partial charge in [0, 0.05) is 28.6 Å². The van der Waals surface area contributed by atoms with Crippen molar-refractivity contribution in [1.82, 2.24) is 4.68 Å². The number of nitrogens with zero attached hydrogens (tertiary/aromatic N) is 3. The lowest BCUT2D eigenvalue weighted by molar-refractivity contribution is 0.625. The van der Waals surface area contributed by atoms with Crippen LogP contribution < -0.4 is 4.80 Å². The molecule has 0 saturated heterocycles. The standard InChI is InChI=1S/C17H12Cl2FN3S/c1-21-17-23(22-9-11-4-2-3-5-15(11)20)16(10-24-17)13-8-12(18)6-7-14(13)19/h2-10H,1H3. The quantitative estimate of drug-likeness (QED) is 0.568. The molecule has 0 atom stereocenters. The van der Waals surface area contributed by atoms with Crippen molar-refractivity contribution in [3.63, 3.8) is 0 Å². The van der Waals surface area contributed by atoms with E-state index in [1.54, 1.807) is 48.1 Å². The van der Waals surface area contributed by atoms with Crippen LogP contribution in [-0.2, 0) is 0 Å². The molecule has 0 aliphatic rings. The Morgan fingerprint density at radius 2 is 1.96 bits per heavy atom. The molecule has 0 saturated carbocycles. The molecule has 0 spiro atoms. The third-order valence-corrected chi connectivity index (χ3v) is 4.77. The van der Waals surface area contributed by atoms with Crippen LogP contribution >= 0.6 is 34.5 Å². The van der Waals surface area contributed by atoms with E-state index in [0.717, 1.165) is 11.3 Å². The van der Waals surface area contributed by atoms with Gasteiger partial charge in [-0.05, 0) is 24.3 Å². The largest absolute Gasteiger partial charge is 0.261 e. The average Bonchev–Trinajstić information content (AvgIpc) is 2.99. The smallest absolute Gasteiger partial charge is 0.205 e. The van der Waals surface area contributed by atoms with Crippen LogP contribution in [0.2, 0.25) is 10.0 Å². The maximum atomic E-state index is 13.8. The van der Waals surface area contributed by atoms with E-state index in [1.165, 1.54) is 23.6 Å². The summed E-state index contributed by atoms with van der Waals surface area (Å²) in [5.74, 6) is -0.339. The summed E-state index contributed by atoms with van der Waals surface area (Å²) in [5, 5.41) is 7.39. The summed E-state index contributed by atoms with van der Waals surface area (Å²) in [5.41, 5.74) is 1.86. The van der Waals surface area contributed by atoms with Crippen LogP contribution in [0.4, 0.5) is 4.39 Å². The topological polar surface area (TPSA) is 29.6 Å². The lowest BCUT2D eigenvalue weighted by Gasteiger charge is -2.06. The average molecular weight is 380 g/mol. The molecular weight excluding hydrogens is 368 g/mol. The molecule has 0 N–H and O–H groups in total. The van der Waals surface area contributed by atoms with Crippen LogP contribution in [0.1, 0.15) is 5.56 Å². The highest BCUT2D eigenvalue weighted by molar-refractivity contribution is 7.07. The zero-order valence-corrected chi connectivity index (χ0v) is 14.9. The second kappa shape index (κ2) is 7.30. The maximum Gasteiger partial charge on any atom is 0.205 e. The van der Waals surface area contributed by atoms with Crippen LogP contribution in [0.15, 0.2) is 57.9 Å². The molecule has 3 nitrogen and oxygen atoms in total. The van der Waals surface area contributed by atoms with Crippen molar-refractivity contribution in [2.45, 2.75) is 0 Å². The van der Waals surface area contributed by atoms with Crippen molar-refractivity contribution in [3.8, 4) is 11.3 Å². The molecule has 0 bridgehead atoms. The van der Waals surface area contributed by atoms with E-state index in [-0.39, 0.29) is 5.82 Å². The maximum absolute atomic E-state index is 13.8. The van der Waals surface area contributed by atoms with E-state index >= 15 is 0 Å². The van der Waals surface area contributed by atoms with Gasteiger partial charge in [0.25, 0.3) is 0 Å². The second-order valence-corrected chi connectivity index (χ2v) is 6.51. The Bertz CT molecular complexity index is 976. The van der Waals surface area contributed by atoms with Gasteiger partial charge in [0.15, 0.2) is 0 Å². The minimum Gasteiger partial charge on any atom is -0.261 e. The molecule has 0 fully saturated rings. The monoisotopic (exact) mass is 379 g/mol. The Kier molecular flexibility index (Phi) is 5.14. The third-order valence-electron chi connectivity index (χ3n) is 3.30. The summed E-state index contributed by atoms with van der Waals surface area (Å²) in [4.78, 5) is 4.86. The SMILES string of the molecule is CN=c1scc(-c2cc(Cl)ccc2Cl)n1N=Cc1ccccc1F. The summed E-state index contributed by atoms with van der Waals surface area (Å²) in [6, 6.07) is 11.6.